The molecule has 2 aromatic carbocycles. The first-order chi connectivity index (χ1) is 11.1. The molecule has 23 heavy (non-hydrogen) atoms. The van der Waals surface area contributed by atoms with Gasteiger partial charge in [0.1, 0.15) is 5.82 Å². The lowest BCUT2D eigenvalue weighted by molar-refractivity contribution is -0.117. The molecule has 0 saturated carbocycles. The number of para-hydroxylation sites is 2. The van der Waals surface area contributed by atoms with E-state index in [-0.39, 0.29) is 11.5 Å². The molecule has 1 aliphatic heterocycles. The van der Waals surface area contributed by atoms with Gasteiger partial charge in [-0.25, -0.2) is 4.39 Å². The Bertz CT molecular complexity index is 779. The van der Waals surface area contributed by atoms with Crippen LogP contribution in [0, 0.1) is 5.82 Å². The van der Waals surface area contributed by atoms with Gasteiger partial charge in [0.15, 0.2) is 0 Å². The Balaban J connectivity index is 1.90. The Kier molecular flexibility index (Phi) is 4.43. The fraction of sp³-hybridized carbons (Fsp3) is 0.176. The van der Waals surface area contributed by atoms with Crippen LogP contribution in [-0.4, -0.2) is 18.4 Å². The Morgan fingerprint density at radius 1 is 1.22 bits per heavy atom. The molecule has 0 spiro atoms. The van der Waals surface area contributed by atoms with Crippen LogP contribution in [0.2, 0.25) is 0 Å². The zero-order valence-electron chi connectivity index (χ0n) is 12.2. The SMILES string of the molecule is O=C(Nc1ccccc1N1CCCC1=O)c1cc(F)ccc1Br. The van der Waals surface area contributed by atoms with Crippen LogP contribution in [0.3, 0.4) is 0 Å². The largest absolute Gasteiger partial charge is 0.320 e. The molecule has 3 rings (SSSR count). The molecule has 0 aromatic heterocycles. The highest BCUT2D eigenvalue weighted by atomic mass is 79.9. The normalized spacial score (nSPS) is 14.2. The number of halogens is 2. The van der Waals surface area contributed by atoms with Gasteiger partial charge in [-0.05, 0) is 52.7 Å². The first kappa shape index (κ1) is 15.7. The molecule has 0 aliphatic carbocycles. The summed E-state index contributed by atoms with van der Waals surface area (Å²) in [6.07, 6.45) is 1.31. The van der Waals surface area contributed by atoms with E-state index in [0.29, 0.717) is 28.8 Å². The lowest BCUT2D eigenvalue weighted by atomic mass is 10.2. The van der Waals surface area contributed by atoms with Crippen LogP contribution < -0.4 is 10.2 Å². The molecule has 0 bridgehead atoms. The van der Waals surface area contributed by atoms with Crippen molar-refractivity contribution in [2.24, 2.45) is 0 Å². The number of hydrogen-bond donors (Lipinski definition) is 1. The average Bonchev–Trinajstić information content (AvgIpc) is 2.96. The number of nitrogens with one attached hydrogen (secondary N) is 1. The van der Waals surface area contributed by atoms with Gasteiger partial charge >= 0.3 is 0 Å². The number of carbonyl (C=O) groups excluding carboxylic acids is 2. The van der Waals surface area contributed by atoms with Crippen LogP contribution in [0.25, 0.3) is 0 Å². The minimum Gasteiger partial charge on any atom is -0.320 e. The van der Waals surface area contributed by atoms with Crippen LogP contribution in [0.4, 0.5) is 15.8 Å². The van der Waals surface area contributed by atoms with E-state index in [9.17, 15) is 14.0 Å². The monoisotopic (exact) mass is 376 g/mol. The third kappa shape index (κ3) is 3.27. The second kappa shape index (κ2) is 6.50. The summed E-state index contributed by atoms with van der Waals surface area (Å²) in [6.45, 7) is 0.634. The van der Waals surface area contributed by atoms with Gasteiger partial charge in [0, 0.05) is 17.4 Å². The molecule has 1 saturated heterocycles. The molecule has 0 unspecified atom stereocenters. The van der Waals surface area contributed by atoms with E-state index in [1.54, 1.807) is 23.1 Å². The molecule has 0 atom stereocenters. The van der Waals surface area contributed by atoms with Crippen LogP contribution >= 0.6 is 15.9 Å². The summed E-state index contributed by atoms with van der Waals surface area (Å²) >= 11 is 3.25. The molecule has 2 amide bonds. The van der Waals surface area contributed by atoms with Crippen molar-refractivity contribution in [3.63, 3.8) is 0 Å². The van der Waals surface area contributed by atoms with Gasteiger partial charge in [-0.1, -0.05) is 12.1 Å². The quantitative estimate of drug-likeness (QED) is 0.880. The number of benzene rings is 2. The Morgan fingerprint density at radius 2 is 2.00 bits per heavy atom. The van der Waals surface area contributed by atoms with E-state index in [4.69, 9.17) is 0 Å². The van der Waals surface area contributed by atoms with Crippen molar-refractivity contribution in [2.75, 3.05) is 16.8 Å². The predicted molar refractivity (Wildman–Crippen MR) is 90.1 cm³/mol. The topological polar surface area (TPSA) is 49.4 Å². The number of carbonyl (C=O) groups is 2. The summed E-state index contributed by atoms with van der Waals surface area (Å²) in [7, 11) is 0. The van der Waals surface area contributed by atoms with Gasteiger partial charge in [0.05, 0.1) is 16.9 Å². The Hall–Kier alpha value is -2.21. The van der Waals surface area contributed by atoms with E-state index in [2.05, 4.69) is 21.2 Å². The molecule has 1 fully saturated rings. The third-order valence-corrected chi connectivity index (χ3v) is 4.38. The lowest BCUT2D eigenvalue weighted by Gasteiger charge is -2.20. The molecular weight excluding hydrogens is 363 g/mol. The minimum atomic E-state index is -0.485. The summed E-state index contributed by atoms with van der Waals surface area (Å²) in [5.74, 6) is -0.879. The fourth-order valence-electron chi connectivity index (χ4n) is 2.58. The lowest BCUT2D eigenvalue weighted by Crippen LogP contribution is -2.25. The summed E-state index contributed by atoms with van der Waals surface area (Å²) in [5, 5.41) is 2.76. The maximum atomic E-state index is 13.4. The van der Waals surface area contributed by atoms with Crippen molar-refractivity contribution in [3.05, 3.63) is 58.3 Å². The predicted octanol–water partition coefficient (Wildman–Crippen LogP) is 3.97. The second-order valence-corrected chi connectivity index (χ2v) is 6.10. The number of rotatable bonds is 3. The smallest absolute Gasteiger partial charge is 0.256 e. The average molecular weight is 377 g/mol. The zero-order valence-corrected chi connectivity index (χ0v) is 13.8. The molecule has 1 N–H and O–H groups in total. The number of hydrogen-bond acceptors (Lipinski definition) is 2. The van der Waals surface area contributed by atoms with Crippen LogP contribution in [0.1, 0.15) is 23.2 Å². The van der Waals surface area contributed by atoms with E-state index in [1.807, 2.05) is 6.07 Å². The maximum Gasteiger partial charge on any atom is 0.256 e. The molecule has 2 aromatic rings. The summed E-state index contributed by atoms with van der Waals surface area (Å²) in [6, 6.07) is 11.0. The summed E-state index contributed by atoms with van der Waals surface area (Å²) < 4.78 is 13.9. The van der Waals surface area contributed by atoms with Crippen molar-refractivity contribution in [1.82, 2.24) is 0 Å². The molecule has 1 aliphatic rings. The molecule has 0 radical (unpaired) electrons. The second-order valence-electron chi connectivity index (χ2n) is 5.24. The Labute approximate surface area is 141 Å². The van der Waals surface area contributed by atoms with Crippen molar-refractivity contribution in [1.29, 1.82) is 0 Å². The number of amides is 2. The van der Waals surface area contributed by atoms with E-state index >= 15 is 0 Å². The van der Waals surface area contributed by atoms with Gasteiger partial charge in [-0.3, -0.25) is 9.59 Å². The highest BCUT2D eigenvalue weighted by Gasteiger charge is 2.24. The minimum absolute atomic E-state index is 0.0404. The van der Waals surface area contributed by atoms with Gasteiger partial charge in [-0.15, -0.1) is 0 Å². The maximum absolute atomic E-state index is 13.4. The van der Waals surface area contributed by atoms with Crippen LogP contribution in [-0.2, 0) is 4.79 Å². The van der Waals surface area contributed by atoms with E-state index in [1.165, 1.54) is 18.2 Å². The first-order valence-electron chi connectivity index (χ1n) is 7.22. The number of anilines is 2. The van der Waals surface area contributed by atoms with E-state index < -0.39 is 11.7 Å². The molecule has 4 nitrogen and oxygen atoms in total. The van der Waals surface area contributed by atoms with Crippen molar-refractivity contribution >= 4 is 39.1 Å². The van der Waals surface area contributed by atoms with Crippen LogP contribution in [0.15, 0.2) is 46.9 Å². The third-order valence-electron chi connectivity index (χ3n) is 3.69. The molecule has 6 heteroatoms. The standard InChI is InChI=1S/C17H14BrFN2O2/c18-13-8-7-11(19)10-12(13)17(23)20-14-4-1-2-5-15(14)21-9-3-6-16(21)22/h1-2,4-5,7-8,10H,3,6,9H2,(H,20,23). The highest BCUT2D eigenvalue weighted by molar-refractivity contribution is 9.10. The van der Waals surface area contributed by atoms with Gasteiger partial charge < -0.3 is 10.2 Å². The van der Waals surface area contributed by atoms with Crippen molar-refractivity contribution in [2.45, 2.75) is 12.8 Å². The summed E-state index contributed by atoms with van der Waals surface area (Å²) in [5.41, 5.74) is 1.40. The first-order valence-corrected chi connectivity index (χ1v) is 8.01. The summed E-state index contributed by atoms with van der Waals surface area (Å²) in [4.78, 5) is 26.0. The van der Waals surface area contributed by atoms with Crippen molar-refractivity contribution in [3.8, 4) is 0 Å². The van der Waals surface area contributed by atoms with E-state index in [0.717, 1.165) is 6.42 Å². The molecule has 1 heterocycles. The van der Waals surface area contributed by atoms with Crippen LogP contribution in [0.5, 0.6) is 0 Å². The van der Waals surface area contributed by atoms with Gasteiger partial charge in [0.2, 0.25) is 5.91 Å². The Morgan fingerprint density at radius 3 is 2.74 bits per heavy atom. The molecule has 118 valence electrons. The van der Waals surface area contributed by atoms with Gasteiger partial charge in [-0.2, -0.15) is 0 Å². The van der Waals surface area contributed by atoms with Gasteiger partial charge in [0.25, 0.3) is 5.91 Å². The number of nitrogens with zero attached hydrogens (tertiary/aromatic N) is 1. The highest BCUT2D eigenvalue weighted by Crippen LogP contribution is 2.30. The fourth-order valence-corrected chi connectivity index (χ4v) is 3.01. The zero-order chi connectivity index (χ0) is 16.4. The molecular formula is C17H14BrFN2O2. The van der Waals surface area contributed by atoms with Crippen molar-refractivity contribution < 1.29 is 14.0 Å².